The van der Waals surface area contributed by atoms with Crippen molar-refractivity contribution >= 4 is 0 Å². The summed E-state index contributed by atoms with van der Waals surface area (Å²) in [5.74, 6) is 2.19. The van der Waals surface area contributed by atoms with Gasteiger partial charge in [-0.2, -0.15) is 4.98 Å². The first-order valence-corrected chi connectivity index (χ1v) is 6.54. The number of hydrogen-bond donors (Lipinski definition) is 1. The second-order valence-corrected chi connectivity index (χ2v) is 5.17. The van der Waals surface area contributed by atoms with Crippen molar-refractivity contribution in [3.63, 3.8) is 0 Å². The third-order valence-electron chi connectivity index (χ3n) is 3.78. The average molecular weight is 241 g/mol. The van der Waals surface area contributed by atoms with E-state index in [1.54, 1.807) is 0 Å². The van der Waals surface area contributed by atoms with Gasteiger partial charge in [-0.05, 0) is 30.4 Å². The zero-order valence-corrected chi connectivity index (χ0v) is 10.1. The summed E-state index contributed by atoms with van der Waals surface area (Å²) in [6.07, 6.45) is 3.35. The van der Waals surface area contributed by atoms with Crippen molar-refractivity contribution in [2.45, 2.75) is 37.8 Å². The third-order valence-corrected chi connectivity index (χ3v) is 3.78. The molecule has 1 aromatic heterocycles. The molecule has 4 nitrogen and oxygen atoms in total. The normalized spacial score (nSPS) is 22.8. The van der Waals surface area contributed by atoms with E-state index < -0.39 is 0 Å². The molecular formula is C14H15N3O. The fourth-order valence-electron chi connectivity index (χ4n) is 2.53. The van der Waals surface area contributed by atoms with E-state index in [0.717, 1.165) is 24.7 Å². The van der Waals surface area contributed by atoms with Gasteiger partial charge in [-0.3, -0.25) is 0 Å². The SMILES string of the molecule is c1ccc2c(c1)CNC(c1nc(C3CC3)no1)C2. The van der Waals surface area contributed by atoms with Crippen molar-refractivity contribution in [1.82, 2.24) is 15.5 Å². The topological polar surface area (TPSA) is 51.0 Å². The van der Waals surface area contributed by atoms with Gasteiger partial charge in [0.2, 0.25) is 5.89 Å². The third kappa shape index (κ3) is 1.73. The lowest BCUT2D eigenvalue weighted by Crippen LogP contribution is -2.28. The summed E-state index contributed by atoms with van der Waals surface area (Å²) in [5, 5.41) is 7.55. The highest BCUT2D eigenvalue weighted by atomic mass is 16.5. The molecule has 1 aliphatic heterocycles. The molecule has 0 saturated heterocycles. The Morgan fingerprint density at radius 1 is 1.17 bits per heavy atom. The lowest BCUT2D eigenvalue weighted by Gasteiger charge is -2.23. The molecule has 1 N–H and O–H groups in total. The summed E-state index contributed by atoms with van der Waals surface area (Å²) < 4.78 is 5.40. The van der Waals surface area contributed by atoms with E-state index in [9.17, 15) is 0 Å². The number of hydrogen-bond acceptors (Lipinski definition) is 4. The summed E-state index contributed by atoms with van der Waals surface area (Å²) in [4.78, 5) is 4.53. The standard InChI is InChI=1S/C14H15N3O/c1-2-4-11-8-15-12(7-10(11)3-1)14-16-13(17-18-14)9-5-6-9/h1-4,9,12,15H,5-8H2. The van der Waals surface area contributed by atoms with Gasteiger partial charge >= 0.3 is 0 Å². The minimum absolute atomic E-state index is 0.167. The molecule has 2 aromatic rings. The molecule has 92 valence electrons. The maximum atomic E-state index is 5.40. The summed E-state index contributed by atoms with van der Waals surface area (Å²) >= 11 is 0. The van der Waals surface area contributed by atoms with Gasteiger partial charge in [-0.1, -0.05) is 29.4 Å². The van der Waals surface area contributed by atoms with Crippen LogP contribution in [0.2, 0.25) is 0 Å². The minimum Gasteiger partial charge on any atom is -0.338 e. The smallest absolute Gasteiger partial charge is 0.244 e. The monoisotopic (exact) mass is 241 g/mol. The van der Waals surface area contributed by atoms with Gasteiger partial charge in [0.15, 0.2) is 5.82 Å². The van der Waals surface area contributed by atoms with Gasteiger partial charge in [0.1, 0.15) is 0 Å². The Labute approximate surface area is 105 Å². The molecule has 1 aromatic carbocycles. The predicted molar refractivity (Wildman–Crippen MR) is 66.0 cm³/mol. The largest absolute Gasteiger partial charge is 0.338 e. The summed E-state index contributed by atoms with van der Waals surface area (Å²) in [6.45, 7) is 0.877. The van der Waals surface area contributed by atoms with Gasteiger partial charge in [0.25, 0.3) is 0 Å². The molecule has 4 heteroatoms. The van der Waals surface area contributed by atoms with Crippen LogP contribution in [0.1, 0.15) is 47.6 Å². The Hall–Kier alpha value is -1.68. The number of fused-ring (bicyclic) bond motifs is 1. The van der Waals surface area contributed by atoms with Gasteiger partial charge in [-0.25, -0.2) is 0 Å². The fraction of sp³-hybridized carbons (Fsp3) is 0.429. The van der Waals surface area contributed by atoms with Crippen LogP contribution in [0.25, 0.3) is 0 Å². The van der Waals surface area contributed by atoms with Crippen molar-refractivity contribution in [1.29, 1.82) is 0 Å². The van der Waals surface area contributed by atoms with Crippen molar-refractivity contribution in [2.24, 2.45) is 0 Å². The van der Waals surface area contributed by atoms with Crippen LogP contribution in [0.4, 0.5) is 0 Å². The van der Waals surface area contributed by atoms with Crippen LogP contribution < -0.4 is 5.32 Å². The molecule has 4 rings (SSSR count). The van der Waals surface area contributed by atoms with Crippen molar-refractivity contribution in [3.05, 3.63) is 47.1 Å². The molecule has 2 heterocycles. The number of benzene rings is 1. The van der Waals surface area contributed by atoms with Gasteiger partial charge in [0, 0.05) is 12.5 Å². The van der Waals surface area contributed by atoms with E-state index >= 15 is 0 Å². The van der Waals surface area contributed by atoms with Gasteiger partial charge < -0.3 is 9.84 Å². The van der Waals surface area contributed by atoms with Gasteiger partial charge in [-0.15, -0.1) is 0 Å². The maximum Gasteiger partial charge on any atom is 0.244 e. The molecule has 1 unspecified atom stereocenters. The molecule has 1 aliphatic carbocycles. The highest BCUT2D eigenvalue weighted by Gasteiger charge is 2.31. The van der Waals surface area contributed by atoms with Crippen molar-refractivity contribution < 1.29 is 4.52 Å². The molecule has 1 atom stereocenters. The quantitative estimate of drug-likeness (QED) is 0.876. The zero-order chi connectivity index (χ0) is 11.9. The average Bonchev–Trinajstić information content (AvgIpc) is 3.16. The Bertz CT molecular complexity index is 574. The summed E-state index contributed by atoms with van der Waals surface area (Å²) in [6, 6.07) is 8.69. The second kappa shape index (κ2) is 3.92. The molecule has 0 bridgehead atoms. The Morgan fingerprint density at radius 3 is 2.83 bits per heavy atom. The Morgan fingerprint density at radius 2 is 2.00 bits per heavy atom. The minimum atomic E-state index is 0.167. The van der Waals surface area contributed by atoms with Crippen molar-refractivity contribution in [3.8, 4) is 0 Å². The first-order chi connectivity index (χ1) is 8.90. The van der Waals surface area contributed by atoms with E-state index in [2.05, 4.69) is 39.7 Å². The first kappa shape index (κ1) is 10.3. The van der Waals surface area contributed by atoms with E-state index in [-0.39, 0.29) is 6.04 Å². The number of rotatable bonds is 2. The van der Waals surface area contributed by atoms with Crippen LogP contribution >= 0.6 is 0 Å². The second-order valence-electron chi connectivity index (χ2n) is 5.17. The highest BCUT2D eigenvalue weighted by Crippen LogP contribution is 2.38. The van der Waals surface area contributed by atoms with Crippen LogP contribution in [0.3, 0.4) is 0 Å². The molecule has 1 fully saturated rings. The van der Waals surface area contributed by atoms with Crippen LogP contribution in [0, 0.1) is 0 Å². The van der Waals surface area contributed by atoms with Crippen molar-refractivity contribution in [2.75, 3.05) is 0 Å². The molecular weight excluding hydrogens is 226 g/mol. The number of nitrogens with zero attached hydrogens (tertiary/aromatic N) is 2. The van der Waals surface area contributed by atoms with Crippen LogP contribution in [0.5, 0.6) is 0 Å². The van der Waals surface area contributed by atoms with E-state index in [1.165, 1.54) is 24.0 Å². The van der Waals surface area contributed by atoms with Crippen LogP contribution in [0.15, 0.2) is 28.8 Å². The zero-order valence-electron chi connectivity index (χ0n) is 10.1. The summed E-state index contributed by atoms with van der Waals surface area (Å²) in [7, 11) is 0. The maximum absolute atomic E-state index is 5.40. The Kier molecular flexibility index (Phi) is 2.23. The predicted octanol–water partition coefficient (Wildman–Crippen LogP) is 2.33. The lowest BCUT2D eigenvalue weighted by molar-refractivity contribution is 0.319. The van der Waals surface area contributed by atoms with E-state index in [0.29, 0.717) is 5.92 Å². The Balaban J connectivity index is 1.59. The highest BCUT2D eigenvalue weighted by molar-refractivity contribution is 5.30. The fourth-order valence-corrected chi connectivity index (χ4v) is 2.53. The van der Waals surface area contributed by atoms with Crippen LogP contribution in [-0.2, 0) is 13.0 Å². The lowest BCUT2D eigenvalue weighted by atomic mass is 9.96. The molecule has 18 heavy (non-hydrogen) atoms. The number of nitrogens with one attached hydrogen (secondary N) is 1. The molecule has 1 saturated carbocycles. The molecule has 0 spiro atoms. The van der Waals surface area contributed by atoms with E-state index in [4.69, 9.17) is 4.52 Å². The van der Waals surface area contributed by atoms with Gasteiger partial charge in [0.05, 0.1) is 6.04 Å². The summed E-state index contributed by atoms with van der Waals surface area (Å²) in [5.41, 5.74) is 2.75. The first-order valence-electron chi connectivity index (χ1n) is 6.54. The van der Waals surface area contributed by atoms with Crippen LogP contribution in [-0.4, -0.2) is 10.1 Å². The molecule has 2 aliphatic rings. The molecule has 0 radical (unpaired) electrons. The molecule has 0 amide bonds. The number of aromatic nitrogens is 2. The van der Waals surface area contributed by atoms with E-state index in [1.807, 2.05) is 0 Å².